The second-order valence-electron chi connectivity index (χ2n) is 13.9. The minimum absolute atomic E-state index is 0.220. The molecule has 0 atom stereocenters. The van der Waals surface area contributed by atoms with Gasteiger partial charge in [0.2, 0.25) is 5.75 Å². The lowest BCUT2D eigenvalue weighted by Crippen LogP contribution is -2.32. The van der Waals surface area contributed by atoms with Crippen molar-refractivity contribution in [1.29, 1.82) is 0 Å². The highest BCUT2D eigenvalue weighted by atomic mass is 16.5. The zero-order valence-corrected chi connectivity index (χ0v) is 24.0. The third-order valence-electron chi connectivity index (χ3n) is 9.00. The van der Waals surface area contributed by atoms with Crippen LogP contribution in [0.5, 0.6) is 11.5 Å². The Morgan fingerprint density at radius 1 is 0.973 bits per heavy atom. The van der Waals surface area contributed by atoms with Crippen molar-refractivity contribution < 1.29 is 9.30 Å². The van der Waals surface area contributed by atoms with Gasteiger partial charge in [-0.3, -0.25) is 0 Å². The molecule has 1 aliphatic carbocycles. The van der Waals surface area contributed by atoms with Crippen molar-refractivity contribution >= 4 is 21.5 Å². The van der Waals surface area contributed by atoms with Crippen LogP contribution in [0.15, 0.2) is 42.6 Å². The number of hydrogen-bond donors (Lipinski definition) is 0. The fourth-order valence-electron chi connectivity index (χ4n) is 6.83. The summed E-state index contributed by atoms with van der Waals surface area (Å²) in [7, 11) is 2.17. The van der Waals surface area contributed by atoms with Crippen LogP contribution >= 0.6 is 0 Å². The first-order chi connectivity index (χ1) is 17.4. The average Bonchev–Trinajstić information content (AvgIpc) is 2.80. The predicted octanol–water partition coefficient (Wildman–Crippen LogP) is 9.48. The maximum atomic E-state index is 6.95. The molecule has 0 spiro atoms. The molecule has 1 aromatic heterocycles. The topological polar surface area (TPSA) is 13.1 Å². The standard InChI is InChI=1S/C35H42NO/c1-21-15-27-16-23(19-34(3,4)5)17-29-31(27)30(22(21)2)32-33(37-29)28-18-25(9-10-26(28)20-36(32)8)24-11-13-35(6,7)14-12-24/h9-10,15-18,20,24H,11-14,19H2,1-8H3/q+1. The second kappa shape index (κ2) is 8.32. The molecule has 0 amide bonds. The van der Waals surface area contributed by atoms with E-state index in [2.05, 4.69) is 103 Å². The molecule has 0 N–H and O–H groups in total. The van der Waals surface area contributed by atoms with Crippen LogP contribution in [0.2, 0.25) is 0 Å². The van der Waals surface area contributed by atoms with Gasteiger partial charge in [-0.15, -0.1) is 0 Å². The van der Waals surface area contributed by atoms with Crippen molar-refractivity contribution in [1.82, 2.24) is 0 Å². The molecule has 0 radical (unpaired) electrons. The second-order valence-corrected chi connectivity index (χ2v) is 13.9. The largest absolute Gasteiger partial charge is 0.449 e. The fraction of sp³-hybridized carbons (Fsp3) is 0.457. The first kappa shape index (κ1) is 24.5. The molecule has 2 nitrogen and oxygen atoms in total. The molecule has 37 heavy (non-hydrogen) atoms. The first-order valence-electron chi connectivity index (χ1n) is 14.1. The Bertz CT molecular complexity index is 1560. The Morgan fingerprint density at radius 2 is 1.70 bits per heavy atom. The van der Waals surface area contributed by atoms with E-state index in [0.29, 0.717) is 11.3 Å². The van der Waals surface area contributed by atoms with Gasteiger partial charge in [0.05, 0.1) is 5.56 Å². The summed E-state index contributed by atoms with van der Waals surface area (Å²) in [4.78, 5) is 0. The summed E-state index contributed by atoms with van der Waals surface area (Å²) in [6, 6.07) is 14.2. The van der Waals surface area contributed by atoms with Gasteiger partial charge in [-0.1, -0.05) is 52.8 Å². The normalized spacial score (nSPS) is 17.2. The molecule has 1 saturated carbocycles. The van der Waals surface area contributed by atoms with Gasteiger partial charge in [0.25, 0.3) is 5.69 Å². The van der Waals surface area contributed by atoms with Crippen LogP contribution in [-0.2, 0) is 13.5 Å². The molecular weight excluding hydrogens is 450 g/mol. The Balaban J connectivity index is 1.57. The molecule has 192 valence electrons. The van der Waals surface area contributed by atoms with Crippen LogP contribution < -0.4 is 9.30 Å². The molecule has 2 aliphatic rings. The maximum absolute atomic E-state index is 6.95. The third kappa shape index (κ3) is 4.23. The quantitative estimate of drug-likeness (QED) is 0.224. The SMILES string of the molecule is Cc1cc2cc(CC(C)(C)C)cc3c2c(c1C)-c1c(c2cc(C4CCC(C)(C)CC4)ccc2c[n+]1C)O3. The molecule has 4 aromatic rings. The number of pyridine rings is 1. The van der Waals surface area contributed by atoms with Gasteiger partial charge in [-0.05, 0) is 109 Å². The van der Waals surface area contributed by atoms with E-state index < -0.39 is 0 Å². The first-order valence-corrected chi connectivity index (χ1v) is 14.1. The molecule has 3 aromatic carbocycles. The molecule has 0 bridgehead atoms. The summed E-state index contributed by atoms with van der Waals surface area (Å²) in [5.74, 6) is 2.68. The fourth-order valence-corrected chi connectivity index (χ4v) is 6.83. The summed E-state index contributed by atoms with van der Waals surface area (Å²) in [6.45, 7) is 16.3. The van der Waals surface area contributed by atoms with Crippen molar-refractivity contribution in [3.05, 3.63) is 64.8 Å². The highest BCUT2D eigenvalue weighted by Crippen LogP contribution is 2.51. The number of hydrogen-bond acceptors (Lipinski definition) is 1. The van der Waals surface area contributed by atoms with Gasteiger partial charge in [-0.25, -0.2) is 0 Å². The lowest BCUT2D eigenvalue weighted by Gasteiger charge is -2.34. The van der Waals surface area contributed by atoms with Crippen LogP contribution in [0.1, 0.15) is 88.5 Å². The Morgan fingerprint density at radius 3 is 2.41 bits per heavy atom. The molecule has 0 unspecified atom stereocenters. The number of benzene rings is 3. The third-order valence-corrected chi connectivity index (χ3v) is 9.00. The van der Waals surface area contributed by atoms with Crippen LogP contribution in [0.4, 0.5) is 0 Å². The van der Waals surface area contributed by atoms with Crippen LogP contribution in [0.3, 0.4) is 0 Å². The summed E-state index contributed by atoms with van der Waals surface area (Å²) in [6.07, 6.45) is 8.48. The monoisotopic (exact) mass is 492 g/mol. The summed E-state index contributed by atoms with van der Waals surface area (Å²) >= 11 is 0. The summed E-state index contributed by atoms with van der Waals surface area (Å²) in [5.41, 5.74) is 8.75. The minimum atomic E-state index is 0.220. The van der Waals surface area contributed by atoms with Gasteiger partial charge in [0.1, 0.15) is 12.8 Å². The van der Waals surface area contributed by atoms with Gasteiger partial charge in [-0.2, -0.15) is 4.57 Å². The highest BCUT2D eigenvalue weighted by molar-refractivity contribution is 6.07. The molecule has 1 aliphatic heterocycles. The zero-order valence-electron chi connectivity index (χ0n) is 24.0. The van der Waals surface area contributed by atoms with E-state index in [1.54, 1.807) is 0 Å². The number of aromatic nitrogens is 1. The van der Waals surface area contributed by atoms with Crippen LogP contribution in [-0.4, -0.2) is 0 Å². The number of rotatable bonds is 2. The van der Waals surface area contributed by atoms with Crippen molar-refractivity contribution in [3.8, 4) is 22.8 Å². The maximum Gasteiger partial charge on any atom is 0.257 e. The molecule has 0 saturated heterocycles. The van der Waals surface area contributed by atoms with Gasteiger partial charge < -0.3 is 4.74 Å². The lowest BCUT2D eigenvalue weighted by molar-refractivity contribution is -0.659. The Labute approximate surface area is 222 Å². The van der Waals surface area contributed by atoms with E-state index in [0.717, 1.165) is 17.9 Å². The number of ether oxygens (including phenoxy) is 1. The van der Waals surface area contributed by atoms with Crippen molar-refractivity contribution in [3.63, 3.8) is 0 Å². The molecular formula is C35H42NO+. The Kier molecular flexibility index (Phi) is 5.50. The predicted molar refractivity (Wildman–Crippen MR) is 156 cm³/mol. The van der Waals surface area contributed by atoms with Crippen molar-refractivity contribution in [2.24, 2.45) is 17.9 Å². The average molecular weight is 493 g/mol. The van der Waals surface area contributed by atoms with E-state index in [1.807, 2.05) is 0 Å². The van der Waals surface area contributed by atoms with Gasteiger partial charge in [0, 0.05) is 16.2 Å². The van der Waals surface area contributed by atoms with E-state index in [9.17, 15) is 0 Å². The smallest absolute Gasteiger partial charge is 0.257 e. The molecule has 1 fully saturated rings. The van der Waals surface area contributed by atoms with E-state index in [4.69, 9.17) is 4.74 Å². The molecule has 2 heterocycles. The van der Waals surface area contributed by atoms with E-state index in [1.165, 1.54) is 80.7 Å². The number of nitrogens with zero attached hydrogens (tertiary/aromatic N) is 1. The summed E-state index contributed by atoms with van der Waals surface area (Å²) in [5, 5.41) is 5.04. The highest BCUT2D eigenvalue weighted by Gasteiger charge is 2.33. The lowest BCUT2D eigenvalue weighted by atomic mass is 9.71. The Hall–Kier alpha value is -2.87. The van der Waals surface area contributed by atoms with Gasteiger partial charge >= 0.3 is 0 Å². The molecule has 2 heteroatoms. The summed E-state index contributed by atoms with van der Waals surface area (Å²) < 4.78 is 9.23. The van der Waals surface area contributed by atoms with E-state index >= 15 is 0 Å². The minimum Gasteiger partial charge on any atom is -0.449 e. The van der Waals surface area contributed by atoms with Crippen LogP contribution in [0.25, 0.3) is 32.8 Å². The van der Waals surface area contributed by atoms with Crippen molar-refractivity contribution in [2.45, 2.75) is 86.5 Å². The zero-order chi connectivity index (χ0) is 26.3. The number of fused-ring (bicyclic) bond motifs is 4. The van der Waals surface area contributed by atoms with E-state index in [-0.39, 0.29) is 5.41 Å². The van der Waals surface area contributed by atoms with Gasteiger partial charge in [0.15, 0.2) is 6.20 Å². The molecule has 6 rings (SSSR count). The van der Waals surface area contributed by atoms with Crippen LogP contribution in [0, 0.1) is 24.7 Å². The number of aryl methyl sites for hydroxylation is 2. The van der Waals surface area contributed by atoms with Crippen molar-refractivity contribution in [2.75, 3.05) is 0 Å².